The van der Waals surface area contributed by atoms with E-state index >= 15 is 0 Å². The number of alkyl halides is 3. The third-order valence-corrected chi connectivity index (χ3v) is 3.56. The molecule has 0 amide bonds. The van der Waals surface area contributed by atoms with Gasteiger partial charge in [0.15, 0.2) is 11.6 Å². The van der Waals surface area contributed by atoms with Crippen LogP contribution >= 0.6 is 11.6 Å². The van der Waals surface area contributed by atoms with E-state index in [-0.39, 0.29) is 11.4 Å². The minimum absolute atomic E-state index is 0.230. The zero-order chi connectivity index (χ0) is 19.4. The lowest BCUT2D eigenvalue weighted by Gasteiger charge is -2.13. The topological polar surface area (TPSA) is 85.1 Å². The van der Waals surface area contributed by atoms with E-state index < -0.39 is 6.36 Å². The Morgan fingerprint density at radius 2 is 1.56 bits per heavy atom. The molecule has 6 nitrogen and oxygen atoms in total. The highest BCUT2D eigenvalue weighted by molar-refractivity contribution is 6.30. The van der Waals surface area contributed by atoms with Crippen molar-refractivity contribution in [3.05, 3.63) is 59.9 Å². The molecular weight excluding hydrogens is 383 g/mol. The van der Waals surface area contributed by atoms with Crippen molar-refractivity contribution < 1.29 is 17.9 Å². The van der Waals surface area contributed by atoms with E-state index in [1.54, 1.807) is 24.3 Å². The number of anilines is 5. The molecule has 0 saturated carbocycles. The van der Waals surface area contributed by atoms with Crippen molar-refractivity contribution in [1.82, 2.24) is 9.97 Å². The van der Waals surface area contributed by atoms with Crippen molar-refractivity contribution >= 4 is 40.3 Å². The van der Waals surface area contributed by atoms with E-state index in [0.29, 0.717) is 28.0 Å². The predicted molar refractivity (Wildman–Crippen MR) is 97.6 cm³/mol. The highest BCUT2D eigenvalue weighted by atomic mass is 35.5. The highest BCUT2D eigenvalue weighted by Gasteiger charge is 2.30. The molecule has 0 aliphatic rings. The molecule has 0 spiro atoms. The summed E-state index contributed by atoms with van der Waals surface area (Å²) in [6.45, 7) is 0. The van der Waals surface area contributed by atoms with Crippen LogP contribution in [0.2, 0.25) is 5.02 Å². The lowest BCUT2D eigenvalue weighted by atomic mass is 10.3. The lowest BCUT2D eigenvalue weighted by molar-refractivity contribution is -0.274. The third-order valence-electron chi connectivity index (χ3n) is 3.32. The molecule has 0 atom stereocenters. The number of halogens is 4. The van der Waals surface area contributed by atoms with E-state index in [9.17, 15) is 13.2 Å². The second kappa shape index (κ2) is 7.58. The van der Waals surface area contributed by atoms with Gasteiger partial charge in [0.05, 0.1) is 0 Å². The fraction of sp³-hybridized carbons (Fsp3) is 0.0588. The number of hydrogen-bond donors (Lipinski definition) is 3. The van der Waals surface area contributed by atoms with E-state index in [4.69, 9.17) is 17.3 Å². The Hall–Kier alpha value is -3.20. The molecule has 0 aliphatic heterocycles. The number of nitrogen functional groups attached to an aromatic ring is 1. The number of hydrogen-bond acceptors (Lipinski definition) is 6. The van der Waals surface area contributed by atoms with Gasteiger partial charge >= 0.3 is 6.36 Å². The molecule has 1 aromatic heterocycles. The number of aromatic nitrogens is 2. The summed E-state index contributed by atoms with van der Waals surface area (Å²) < 4.78 is 40.4. The maximum atomic E-state index is 12.2. The Kier molecular flexibility index (Phi) is 5.22. The van der Waals surface area contributed by atoms with Gasteiger partial charge in [0.1, 0.15) is 17.8 Å². The predicted octanol–water partition coefficient (Wildman–Crippen LogP) is 5.10. The van der Waals surface area contributed by atoms with Gasteiger partial charge in [-0.05, 0) is 42.5 Å². The summed E-state index contributed by atoms with van der Waals surface area (Å²) in [6.07, 6.45) is -3.44. The Morgan fingerprint density at radius 3 is 2.15 bits per heavy atom. The minimum Gasteiger partial charge on any atom is -0.406 e. The summed E-state index contributed by atoms with van der Waals surface area (Å²) in [7, 11) is 0. The molecule has 27 heavy (non-hydrogen) atoms. The molecule has 0 aliphatic carbocycles. The van der Waals surface area contributed by atoms with Crippen LogP contribution in [0.25, 0.3) is 0 Å². The number of benzene rings is 2. The maximum absolute atomic E-state index is 12.2. The molecule has 3 aromatic rings. The number of ether oxygens (including phenoxy) is 1. The van der Waals surface area contributed by atoms with Crippen molar-refractivity contribution in [2.45, 2.75) is 6.36 Å². The molecule has 2 aromatic carbocycles. The van der Waals surface area contributed by atoms with Gasteiger partial charge in [-0.1, -0.05) is 17.7 Å². The van der Waals surface area contributed by atoms with Gasteiger partial charge < -0.3 is 21.1 Å². The van der Waals surface area contributed by atoms with Crippen LogP contribution in [0.15, 0.2) is 54.9 Å². The molecule has 140 valence electrons. The van der Waals surface area contributed by atoms with E-state index in [1.165, 1.54) is 30.6 Å². The normalized spacial score (nSPS) is 11.1. The Labute approximate surface area is 157 Å². The smallest absolute Gasteiger partial charge is 0.406 e. The van der Waals surface area contributed by atoms with Crippen molar-refractivity contribution in [2.24, 2.45) is 0 Å². The van der Waals surface area contributed by atoms with E-state index in [1.807, 2.05) is 0 Å². The lowest BCUT2D eigenvalue weighted by Crippen LogP contribution is -2.17. The summed E-state index contributed by atoms with van der Waals surface area (Å²) in [5.41, 5.74) is 7.47. The molecule has 3 rings (SSSR count). The molecule has 4 N–H and O–H groups in total. The molecule has 0 radical (unpaired) electrons. The van der Waals surface area contributed by atoms with Gasteiger partial charge in [-0.2, -0.15) is 0 Å². The van der Waals surface area contributed by atoms with Crippen LogP contribution in [-0.2, 0) is 0 Å². The average Bonchev–Trinajstić information content (AvgIpc) is 2.59. The van der Waals surface area contributed by atoms with Crippen LogP contribution in [0.3, 0.4) is 0 Å². The van der Waals surface area contributed by atoms with Crippen molar-refractivity contribution in [3.8, 4) is 5.75 Å². The van der Waals surface area contributed by atoms with Crippen LogP contribution in [0.5, 0.6) is 5.75 Å². The second-order valence-electron chi connectivity index (χ2n) is 5.32. The maximum Gasteiger partial charge on any atom is 0.573 e. The van der Waals surface area contributed by atoms with E-state index in [2.05, 4.69) is 25.3 Å². The first kappa shape index (κ1) is 18.6. The summed E-state index contributed by atoms with van der Waals surface area (Å²) in [4.78, 5) is 8.14. The zero-order valence-electron chi connectivity index (χ0n) is 13.6. The SMILES string of the molecule is Nc1c(Nc2ccc(OC(F)(F)F)cc2)ncnc1Nc1cccc(Cl)c1. The van der Waals surface area contributed by atoms with Crippen LogP contribution in [-0.4, -0.2) is 16.3 Å². The Morgan fingerprint density at radius 1 is 0.926 bits per heavy atom. The van der Waals surface area contributed by atoms with Gasteiger partial charge in [-0.25, -0.2) is 9.97 Å². The fourth-order valence-electron chi connectivity index (χ4n) is 2.17. The third kappa shape index (κ3) is 5.14. The second-order valence-corrected chi connectivity index (χ2v) is 5.75. The fourth-order valence-corrected chi connectivity index (χ4v) is 2.36. The van der Waals surface area contributed by atoms with Gasteiger partial charge in [-0.3, -0.25) is 0 Å². The monoisotopic (exact) mass is 395 g/mol. The average molecular weight is 396 g/mol. The number of nitrogens with two attached hydrogens (primary N) is 1. The summed E-state index contributed by atoms with van der Waals surface area (Å²) in [5, 5.41) is 6.50. The zero-order valence-corrected chi connectivity index (χ0v) is 14.3. The first-order valence-corrected chi connectivity index (χ1v) is 7.94. The summed E-state index contributed by atoms with van der Waals surface area (Å²) in [5.74, 6) is 0.317. The first-order chi connectivity index (χ1) is 12.8. The van der Waals surface area contributed by atoms with Gasteiger partial charge in [0.25, 0.3) is 0 Å². The largest absolute Gasteiger partial charge is 0.573 e. The highest BCUT2D eigenvalue weighted by Crippen LogP contribution is 2.30. The number of nitrogens with zero attached hydrogens (tertiary/aromatic N) is 2. The van der Waals surface area contributed by atoms with Crippen molar-refractivity contribution in [3.63, 3.8) is 0 Å². The Balaban J connectivity index is 1.76. The summed E-state index contributed by atoms with van der Waals surface area (Å²) in [6, 6.07) is 12.2. The molecular formula is C17H13ClF3N5O. The molecule has 0 fully saturated rings. The van der Waals surface area contributed by atoms with Crippen molar-refractivity contribution in [1.29, 1.82) is 0 Å². The van der Waals surface area contributed by atoms with Crippen LogP contribution in [0.1, 0.15) is 0 Å². The van der Waals surface area contributed by atoms with Gasteiger partial charge in [0.2, 0.25) is 0 Å². The molecule has 0 saturated heterocycles. The van der Waals surface area contributed by atoms with Crippen LogP contribution in [0, 0.1) is 0 Å². The van der Waals surface area contributed by atoms with Gasteiger partial charge in [-0.15, -0.1) is 13.2 Å². The van der Waals surface area contributed by atoms with Crippen LogP contribution < -0.4 is 21.1 Å². The molecule has 10 heteroatoms. The van der Waals surface area contributed by atoms with Crippen LogP contribution in [0.4, 0.5) is 41.9 Å². The minimum atomic E-state index is -4.74. The van der Waals surface area contributed by atoms with Crippen molar-refractivity contribution in [2.75, 3.05) is 16.4 Å². The van der Waals surface area contributed by atoms with E-state index in [0.717, 1.165) is 0 Å². The first-order valence-electron chi connectivity index (χ1n) is 7.56. The molecule has 0 bridgehead atoms. The number of rotatable bonds is 5. The Bertz CT molecular complexity index is 935. The summed E-state index contributed by atoms with van der Waals surface area (Å²) >= 11 is 5.95. The standard InChI is InChI=1S/C17H13ClF3N5O/c18-10-2-1-3-12(8-10)26-16-14(22)15(23-9-24-16)25-11-4-6-13(7-5-11)27-17(19,20)21/h1-9H,22H2,(H2,23,24,25,26). The molecule has 0 unspecified atom stereocenters. The molecule has 1 heterocycles. The quantitative estimate of drug-likeness (QED) is 0.557. The van der Waals surface area contributed by atoms with Gasteiger partial charge in [0, 0.05) is 16.4 Å². The number of nitrogens with one attached hydrogen (secondary N) is 2.